The fourth-order valence-corrected chi connectivity index (χ4v) is 4.95. The van der Waals surface area contributed by atoms with Crippen molar-refractivity contribution in [2.75, 3.05) is 6.54 Å². The van der Waals surface area contributed by atoms with E-state index in [1.807, 2.05) is 38.2 Å². The van der Waals surface area contributed by atoms with Crippen LogP contribution in [-0.4, -0.2) is 17.6 Å². The molecule has 5 heteroatoms. The van der Waals surface area contributed by atoms with Gasteiger partial charge < -0.3 is 10.1 Å². The van der Waals surface area contributed by atoms with Crippen LogP contribution >= 0.6 is 11.3 Å². The molecule has 0 fully saturated rings. The topological polar surface area (TPSA) is 57.9 Å². The van der Waals surface area contributed by atoms with E-state index in [0.29, 0.717) is 17.4 Å². The number of benzene rings is 2. The molecule has 0 amide bonds. The molecule has 3 aromatic rings. The average molecular weight is 404 g/mol. The summed E-state index contributed by atoms with van der Waals surface area (Å²) >= 11 is 1.68. The van der Waals surface area contributed by atoms with Crippen LogP contribution in [-0.2, 0) is 6.42 Å². The van der Waals surface area contributed by atoms with E-state index >= 15 is 0 Å². The van der Waals surface area contributed by atoms with Gasteiger partial charge >= 0.3 is 0 Å². The first-order valence-electron chi connectivity index (χ1n) is 10.1. The highest BCUT2D eigenvalue weighted by Crippen LogP contribution is 2.41. The van der Waals surface area contributed by atoms with Gasteiger partial charge in [-0.2, -0.15) is 5.26 Å². The Kier molecular flexibility index (Phi) is 5.66. The molecule has 1 heterocycles. The van der Waals surface area contributed by atoms with Gasteiger partial charge in [-0.05, 0) is 68.1 Å². The van der Waals surface area contributed by atoms with Crippen molar-refractivity contribution in [1.29, 1.82) is 5.26 Å². The SMILES string of the molecule is CCN[C@@H]1CCc2c(-c3cnc(-c4ccc(OC(C)C)c(C#N)c4)s3)cccc21. The summed E-state index contributed by atoms with van der Waals surface area (Å²) in [5.74, 6) is 0.623. The molecule has 1 atom stereocenters. The molecule has 4 nitrogen and oxygen atoms in total. The van der Waals surface area contributed by atoms with Gasteiger partial charge in [0, 0.05) is 17.8 Å². The Morgan fingerprint density at radius 1 is 1.31 bits per heavy atom. The Bertz CT molecular complexity index is 1060. The van der Waals surface area contributed by atoms with E-state index in [-0.39, 0.29) is 6.10 Å². The smallest absolute Gasteiger partial charge is 0.137 e. The predicted octanol–water partition coefficient (Wildman–Crippen LogP) is 5.73. The highest BCUT2D eigenvalue weighted by Gasteiger charge is 2.24. The van der Waals surface area contributed by atoms with Crippen molar-refractivity contribution in [1.82, 2.24) is 10.3 Å². The zero-order valence-electron chi connectivity index (χ0n) is 17.0. The van der Waals surface area contributed by atoms with Gasteiger partial charge in [0.05, 0.1) is 16.5 Å². The van der Waals surface area contributed by atoms with E-state index in [1.165, 1.54) is 21.6 Å². The maximum Gasteiger partial charge on any atom is 0.137 e. The number of hydrogen-bond donors (Lipinski definition) is 1. The van der Waals surface area contributed by atoms with Crippen molar-refractivity contribution < 1.29 is 4.74 Å². The van der Waals surface area contributed by atoms with Crippen molar-refractivity contribution in [2.24, 2.45) is 0 Å². The Hall–Kier alpha value is -2.68. The second-order valence-corrected chi connectivity index (χ2v) is 8.57. The zero-order chi connectivity index (χ0) is 20.4. The minimum absolute atomic E-state index is 0.0330. The summed E-state index contributed by atoms with van der Waals surface area (Å²) in [6.45, 7) is 7.06. The van der Waals surface area contributed by atoms with E-state index in [0.717, 1.165) is 30.0 Å². The number of hydrogen-bond acceptors (Lipinski definition) is 5. The summed E-state index contributed by atoms with van der Waals surface area (Å²) in [5, 5.41) is 14.0. The molecule has 0 spiro atoms. The van der Waals surface area contributed by atoms with Crippen LogP contribution in [0.3, 0.4) is 0 Å². The maximum absolute atomic E-state index is 9.51. The van der Waals surface area contributed by atoms with E-state index in [2.05, 4.69) is 41.5 Å². The van der Waals surface area contributed by atoms with Gasteiger partial charge in [-0.1, -0.05) is 25.1 Å². The monoisotopic (exact) mass is 403 g/mol. The molecule has 1 aliphatic carbocycles. The number of nitrogens with one attached hydrogen (secondary N) is 1. The normalized spacial score (nSPS) is 15.3. The third kappa shape index (κ3) is 3.91. The van der Waals surface area contributed by atoms with Crippen LogP contribution in [0.5, 0.6) is 5.75 Å². The van der Waals surface area contributed by atoms with Crippen LogP contribution < -0.4 is 10.1 Å². The van der Waals surface area contributed by atoms with Gasteiger partial charge in [0.15, 0.2) is 0 Å². The number of rotatable bonds is 6. The van der Waals surface area contributed by atoms with Crippen molar-refractivity contribution in [3.63, 3.8) is 0 Å². The molecule has 0 unspecified atom stereocenters. The van der Waals surface area contributed by atoms with Gasteiger partial charge in [0.2, 0.25) is 0 Å². The first-order chi connectivity index (χ1) is 14.1. The Morgan fingerprint density at radius 3 is 2.93 bits per heavy atom. The maximum atomic E-state index is 9.51. The van der Waals surface area contributed by atoms with Crippen LogP contribution in [0.25, 0.3) is 21.0 Å². The quantitative estimate of drug-likeness (QED) is 0.571. The molecule has 1 N–H and O–H groups in total. The summed E-state index contributed by atoms with van der Waals surface area (Å²) in [4.78, 5) is 5.84. The predicted molar refractivity (Wildman–Crippen MR) is 118 cm³/mol. The molecular weight excluding hydrogens is 378 g/mol. The third-order valence-electron chi connectivity index (χ3n) is 5.20. The summed E-state index contributed by atoms with van der Waals surface area (Å²) in [5.41, 5.74) is 5.63. The molecule has 0 saturated carbocycles. The van der Waals surface area contributed by atoms with Crippen molar-refractivity contribution in [2.45, 2.75) is 45.8 Å². The number of fused-ring (bicyclic) bond motifs is 1. The molecule has 4 rings (SSSR count). The molecule has 1 aromatic heterocycles. The number of nitrogens with zero attached hydrogens (tertiary/aromatic N) is 2. The Balaban J connectivity index is 1.66. The fourth-order valence-electron chi connectivity index (χ4n) is 3.98. The molecule has 148 valence electrons. The number of nitriles is 1. The highest BCUT2D eigenvalue weighted by molar-refractivity contribution is 7.18. The van der Waals surface area contributed by atoms with Crippen LogP contribution in [0.1, 0.15) is 49.9 Å². The molecular formula is C24H25N3OS. The highest BCUT2D eigenvalue weighted by atomic mass is 32.1. The van der Waals surface area contributed by atoms with Gasteiger partial charge in [-0.3, -0.25) is 0 Å². The second-order valence-electron chi connectivity index (χ2n) is 7.54. The molecule has 0 aliphatic heterocycles. The molecule has 0 bridgehead atoms. The molecule has 0 saturated heterocycles. The molecule has 0 radical (unpaired) electrons. The van der Waals surface area contributed by atoms with Crippen LogP contribution in [0.15, 0.2) is 42.6 Å². The lowest BCUT2D eigenvalue weighted by atomic mass is 10.0. The fraction of sp³-hybridized carbons (Fsp3) is 0.333. The third-order valence-corrected chi connectivity index (χ3v) is 6.28. The average Bonchev–Trinajstić information content (AvgIpc) is 3.36. The van der Waals surface area contributed by atoms with E-state index in [1.54, 1.807) is 11.3 Å². The van der Waals surface area contributed by atoms with Crippen molar-refractivity contribution in [3.05, 3.63) is 59.3 Å². The van der Waals surface area contributed by atoms with Gasteiger partial charge in [-0.15, -0.1) is 11.3 Å². The minimum Gasteiger partial charge on any atom is -0.490 e. The second kappa shape index (κ2) is 8.36. The molecule has 1 aliphatic rings. The van der Waals surface area contributed by atoms with Crippen LogP contribution in [0, 0.1) is 11.3 Å². The lowest BCUT2D eigenvalue weighted by Gasteiger charge is -2.13. The van der Waals surface area contributed by atoms with Crippen molar-refractivity contribution >= 4 is 11.3 Å². The van der Waals surface area contributed by atoms with E-state index in [4.69, 9.17) is 4.74 Å². The minimum atomic E-state index is 0.0330. The largest absolute Gasteiger partial charge is 0.490 e. The van der Waals surface area contributed by atoms with E-state index < -0.39 is 0 Å². The van der Waals surface area contributed by atoms with Crippen molar-refractivity contribution in [3.8, 4) is 32.8 Å². The lowest BCUT2D eigenvalue weighted by molar-refractivity contribution is 0.242. The van der Waals surface area contributed by atoms with Gasteiger partial charge in [-0.25, -0.2) is 4.98 Å². The standard InChI is InChI=1S/C24H25N3OS/c1-4-26-21-10-9-18-19(21)6-5-7-20(18)23-14-27-24(29-23)16-8-11-22(28-15(2)3)17(12-16)13-25/h5-8,11-12,14-15,21,26H,4,9-10H2,1-3H3/t21-/m1/s1. The number of thiazole rings is 1. The molecule has 2 aromatic carbocycles. The number of ether oxygens (including phenoxy) is 1. The Morgan fingerprint density at radius 2 is 2.17 bits per heavy atom. The van der Waals surface area contributed by atoms with Gasteiger partial charge in [0.1, 0.15) is 16.8 Å². The Labute approximate surface area is 176 Å². The zero-order valence-corrected chi connectivity index (χ0v) is 17.8. The number of aromatic nitrogens is 1. The van der Waals surface area contributed by atoms with E-state index in [9.17, 15) is 5.26 Å². The first-order valence-corrected chi connectivity index (χ1v) is 10.9. The van der Waals surface area contributed by atoms with Crippen LogP contribution in [0.2, 0.25) is 0 Å². The lowest BCUT2D eigenvalue weighted by Crippen LogP contribution is -2.18. The molecule has 29 heavy (non-hydrogen) atoms. The summed E-state index contributed by atoms with van der Waals surface area (Å²) in [6.07, 6.45) is 4.23. The summed E-state index contributed by atoms with van der Waals surface area (Å²) in [7, 11) is 0. The summed E-state index contributed by atoms with van der Waals surface area (Å²) < 4.78 is 5.74. The van der Waals surface area contributed by atoms with Crippen LogP contribution in [0.4, 0.5) is 0 Å². The summed E-state index contributed by atoms with van der Waals surface area (Å²) in [6, 6.07) is 15.0. The first kappa shape index (κ1) is 19.6. The van der Waals surface area contributed by atoms with Gasteiger partial charge in [0.25, 0.3) is 0 Å².